The van der Waals surface area contributed by atoms with Crippen LogP contribution in [0.25, 0.3) is 11.3 Å². The molecular weight excluding hydrogens is 509 g/mol. The number of pyridine rings is 1. The van der Waals surface area contributed by atoms with Gasteiger partial charge in [0.05, 0.1) is 17.9 Å². The summed E-state index contributed by atoms with van der Waals surface area (Å²) in [7, 11) is -4.07. The molecule has 2 aliphatic heterocycles. The third kappa shape index (κ3) is 5.94. The first kappa shape index (κ1) is 28.3. The van der Waals surface area contributed by atoms with Gasteiger partial charge in [-0.05, 0) is 62.8 Å². The SMILES string of the molecule is CC(C)COc1cc(F)cc(-c2ccc(C(=O)NS(=O)(=O)N3CC[C@@H](N)C3)c(N3CCC(C)C3(C)C)n2)c1. The Hall–Kier alpha value is -2.76. The van der Waals surface area contributed by atoms with Gasteiger partial charge in [0.1, 0.15) is 17.4 Å². The minimum Gasteiger partial charge on any atom is -0.493 e. The molecule has 3 N–H and O–H groups in total. The number of hydrogen-bond acceptors (Lipinski definition) is 7. The highest BCUT2D eigenvalue weighted by atomic mass is 32.2. The van der Waals surface area contributed by atoms with Gasteiger partial charge in [-0.2, -0.15) is 12.7 Å². The number of aromatic nitrogens is 1. The van der Waals surface area contributed by atoms with Gasteiger partial charge >= 0.3 is 10.2 Å². The molecule has 1 amide bonds. The topological polar surface area (TPSA) is 118 Å². The number of nitrogens with one attached hydrogen (secondary N) is 1. The molecule has 2 saturated heterocycles. The van der Waals surface area contributed by atoms with Crippen LogP contribution in [0.5, 0.6) is 5.75 Å². The van der Waals surface area contributed by atoms with E-state index in [9.17, 15) is 17.6 Å². The Morgan fingerprint density at radius 3 is 2.58 bits per heavy atom. The van der Waals surface area contributed by atoms with Crippen LogP contribution in [0.1, 0.15) is 57.8 Å². The smallest absolute Gasteiger partial charge is 0.304 e. The molecule has 1 unspecified atom stereocenters. The van der Waals surface area contributed by atoms with Gasteiger partial charge in [0.15, 0.2) is 0 Å². The van der Waals surface area contributed by atoms with Crippen molar-refractivity contribution in [2.24, 2.45) is 17.6 Å². The minimum atomic E-state index is -4.07. The first-order valence-corrected chi connectivity index (χ1v) is 14.5. The fourth-order valence-corrected chi connectivity index (χ4v) is 6.07. The molecular formula is C27H38FN5O4S. The lowest BCUT2D eigenvalue weighted by atomic mass is 9.90. The van der Waals surface area contributed by atoms with Crippen LogP contribution in [-0.4, -0.2) is 61.4 Å². The van der Waals surface area contributed by atoms with E-state index in [2.05, 4.69) is 25.5 Å². The molecule has 11 heteroatoms. The predicted octanol–water partition coefficient (Wildman–Crippen LogP) is 3.55. The first-order valence-electron chi connectivity index (χ1n) is 13.1. The van der Waals surface area contributed by atoms with Gasteiger partial charge in [-0.15, -0.1) is 0 Å². The number of carbonyl (C=O) groups excluding carboxylic acids is 1. The minimum absolute atomic E-state index is 0.135. The highest BCUT2D eigenvalue weighted by Crippen LogP contribution is 2.39. The number of amides is 1. The molecule has 2 atom stereocenters. The summed E-state index contributed by atoms with van der Waals surface area (Å²) in [5.41, 5.74) is 6.62. The van der Waals surface area contributed by atoms with Crippen molar-refractivity contribution in [3.05, 3.63) is 41.7 Å². The van der Waals surface area contributed by atoms with E-state index in [0.717, 1.165) is 6.42 Å². The number of halogens is 1. The van der Waals surface area contributed by atoms with E-state index in [1.165, 1.54) is 16.4 Å². The van der Waals surface area contributed by atoms with Gasteiger partial charge in [0.2, 0.25) is 0 Å². The van der Waals surface area contributed by atoms with Crippen LogP contribution < -0.4 is 20.1 Å². The Bertz CT molecular complexity index is 1300. The second-order valence-electron chi connectivity index (χ2n) is 11.3. The molecule has 2 fully saturated rings. The maximum atomic E-state index is 14.5. The van der Waals surface area contributed by atoms with Crippen molar-refractivity contribution in [3.63, 3.8) is 0 Å². The molecule has 3 heterocycles. The molecule has 0 spiro atoms. The zero-order valence-corrected chi connectivity index (χ0v) is 23.5. The summed E-state index contributed by atoms with van der Waals surface area (Å²) in [6.07, 6.45) is 1.42. The molecule has 0 bridgehead atoms. The third-order valence-electron chi connectivity index (χ3n) is 7.56. The van der Waals surface area contributed by atoms with E-state index >= 15 is 0 Å². The van der Waals surface area contributed by atoms with Crippen LogP contribution in [0.4, 0.5) is 10.2 Å². The second-order valence-corrected chi connectivity index (χ2v) is 13.0. The second kappa shape index (κ2) is 10.8. The Morgan fingerprint density at radius 2 is 1.97 bits per heavy atom. The van der Waals surface area contributed by atoms with Crippen LogP contribution >= 0.6 is 0 Å². The Labute approximate surface area is 224 Å². The lowest BCUT2D eigenvalue weighted by Crippen LogP contribution is -2.45. The monoisotopic (exact) mass is 547 g/mol. The van der Waals surface area contributed by atoms with Crippen molar-refractivity contribution in [2.75, 3.05) is 31.1 Å². The van der Waals surface area contributed by atoms with E-state index in [0.29, 0.717) is 48.3 Å². The quantitative estimate of drug-likeness (QED) is 0.519. The zero-order chi connectivity index (χ0) is 27.8. The van der Waals surface area contributed by atoms with Gasteiger partial charge in [-0.3, -0.25) is 4.79 Å². The molecule has 2 aliphatic rings. The average molecular weight is 548 g/mol. The highest BCUT2D eigenvalue weighted by Gasteiger charge is 2.41. The van der Waals surface area contributed by atoms with Crippen LogP contribution in [0.2, 0.25) is 0 Å². The molecule has 9 nitrogen and oxygen atoms in total. The van der Waals surface area contributed by atoms with Gasteiger partial charge in [0.25, 0.3) is 5.91 Å². The molecule has 0 radical (unpaired) electrons. The maximum Gasteiger partial charge on any atom is 0.304 e. The number of benzene rings is 1. The number of rotatable bonds is 8. The number of nitrogens with zero attached hydrogens (tertiary/aromatic N) is 3. The Kier molecular flexibility index (Phi) is 8.02. The van der Waals surface area contributed by atoms with E-state index < -0.39 is 21.9 Å². The maximum absolute atomic E-state index is 14.5. The predicted molar refractivity (Wildman–Crippen MR) is 146 cm³/mol. The molecule has 0 saturated carbocycles. The van der Waals surface area contributed by atoms with Crippen LogP contribution in [0.15, 0.2) is 30.3 Å². The summed E-state index contributed by atoms with van der Waals surface area (Å²) in [6.45, 7) is 11.8. The van der Waals surface area contributed by atoms with Crippen molar-refractivity contribution in [1.82, 2.24) is 14.0 Å². The molecule has 2 aromatic rings. The number of carbonyl (C=O) groups is 1. The fourth-order valence-electron chi connectivity index (χ4n) is 4.87. The van der Waals surface area contributed by atoms with E-state index in [1.54, 1.807) is 18.2 Å². The van der Waals surface area contributed by atoms with E-state index in [-0.39, 0.29) is 36.2 Å². The third-order valence-corrected chi connectivity index (χ3v) is 9.02. The summed E-state index contributed by atoms with van der Waals surface area (Å²) < 4.78 is 49.4. The average Bonchev–Trinajstić information content (AvgIpc) is 3.39. The fraction of sp³-hybridized carbons (Fsp3) is 0.556. The molecule has 38 heavy (non-hydrogen) atoms. The van der Waals surface area contributed by atoms with Crippen LogP contribution in [0.3, 0.4) is 0 Å². The number of hydrogen-bond donors (Lipinski definition) is 2. The van der Waals surface area contributed by atoms with Crippen molar-refractivity contribution < 1.29 is 22.3 Å². The van der Waals surface area contributed by atoms with Crippen molar-refractivity contribution in [3.8, 4) is 17.0 Å². The zero-order valence-electron chi connectivity index (χ0n) is 22.7. The molecule has 208 valence electrons. The summed E-state index contributed by atoms with van der Waals surface area (Å²) >= 11 is 0. The van der Waals surface area contributed by atoms with E-state index in [4.69, 9.17) is 15.5 Å². The number of anilines is 1. The summed E-state index contributed by atoms with van der Waals surface area (Å²) in [6, 6.07) is 7.31. The normalized spacial score (nSPS) is 21.7. The van der Waals surface area contributed by atoms with Gasteiger partial charge < -0.3 is 15.4 Å². The molecule has 1 aromatic heterocycles. The lowest BCUT2D eigenvalue weighted by Gasteiger charge is -2.36. The largest absolute Gasteiger partial charge is 0.493 e. The summed E-state index contributed by atoms with van der Waals surface area (Å²) in [4.78, 5) is 20.2. The summed E-state index contributed by atoms with van der Waals surface area (Å²) in [5.74, 6) is 0.104. The van der Waals surface area contributed by atoms with Crippen LogP contribution in [0, 0.1) is 17.7 Å². The van der Waals surface area contributed by atoms with Gasteiger partial charge in [-0.1, -0.05) is 20.8 Å². The van der Waals surface area contributed by atoms with E-state index in [1.807, 2.05) is 18.7 Å². The Balaban J connectivity index is 1.73. The molecule has 0 aliphatic carbocycles. The van der Waals surface area contributed by atoms with Crippen LogP contribution in [-0.2, 0) is 10.2 Å². The lowest BCUT2D eigenvalue weighted by molar-refractivity contribution is 0.0979. The number of nitrogens with two attached hydrogens (primary N) is 1. The Morgan fingerprint density at radius 1 is 1.24 bits per heavy atom. The number of ether oxygens (including phenoxy) is 1. The van der Waals surface area contributed by atoms with Gasteiger partial charge in [-0.25, -0.2) is 14.1 Å². The van der Waals surface area contributed by atoms with Gasteiger partial charge in [0, 0.05) is 42.8 Å². The first-order chi connectivity index (χ1) is 17.8. The summed E-state index contributed by atoms with van der Waals surface area (Å²) in [5, 5.41) is 0. The van der Waals surface area contributed by atoms with Crippen molar-refractivity contribution >= 4 is 21.9 Å². The highest BCUT2D eigenvalue weighted by molar-refractivity contribution is 7.87. The van der Waals surface area contributed by atoms with Crippen molar-refractivity contribution in [1.29, 1.82) is 0 Å². The van der Waals surface area contributed by atoms with Crippen molar-refractivity contribution in [2.45, 2.75) is 59.0 Å². The molecule has 1 aromatic carbocycles. The molecule has 4 rings (SSSR count). The standard InChI is InChI=1S/C27H38FN5O4S/c1-17(2)16-37-22-13-19(12-20(28)14-22)24-7-6-23(25(30-24)33-11-8-18(3)27(33,4)5)26(34)31-38(35,36)32-10-9-21(29)15-32/h6-7,12-14,17-18,21H,8-11,15-16,29H2,1-5H3,(H,31,34)/t18?,21-/m1/s1.